The number of hydrogen-bond acceptors (Lipinski definition) is 3. The van der Waals surface area contributed by atoms with E-state index in [0.29, 0.717) is 6.92 Å². The maximum atomic E-state index is 12.0. The summed E-state index contributed by atoms with van der Waals surface area (Å²) in [6.45, 7) is 1.86. The molecule has 0 amide bonds. The van der Waals surface area contributed by atoms with Crippen LogP contribution in [0.1, 0.15) is 13.8 Å². The summed E-state index contributed by atoms with van der Waals surface area (Å²) < 4.78 is 40.1. The van der Waals surface area contributed by atoms with E-state index in [1.54, 1.807) is 0 Å². The minimum absolute atomic E-state index is 0. The smallest absolute Gasteiger partial charge is 0.416 e. The van der Waals surface area contributed by atoms with Crippen molar-refractivity contribution in [2.75, 3.05) is 6.61 Å². The number of carbonyl (C=O) groups excluding carboxylic acids is 1. The number of alkyl halides is 3. The van der Waals surface area contributed by atoms with Crippen LogP contribution in [-0.4, -0.2) is 24.3 Å². The predicted molar refractivity (Wildman–Crippen MR) is 42.5 cm³/mol. The molecule has 0 spiro atoms. The van der Waals surface area contributed by atoms with E-state index in [4.69, 9.17) is 5.73 Å². The molecule has 0 saturated heterocycles. The normalized spacial score (nSPS) is 15.5. The lowest BCUT2D eigenvalue weighted by Crippen LogP contribution is -2.57. The molecule has 0 bridgehead atoms. The topological polar surface area (TPSA) is 52.3 Å². The number of rotatable bonds is 2. The van der Waals surface area contributed by atoms with Crippen LogP contribution in [-0.2, 0) is 9.53 Å². The lowest BCUT2D eigenvalue weighted by atomic mass is 10.0. The minimum Gasteiger partial charge on any atom is -0.464 e. The van der Waals surface area contributed by atoms with E-state index in [1.165, 1.54) is 6.92 Å². The molecule has 0 rings (SSSR count). The molecular formula is C6H11ClF3NO2. The first-order valence-electron chi connectivity index (χ1n) is 3.26. The zero-order chi connectivity index (χ0) is 9.99. The Morgan fingerprint density at radius 1 is 1.46 bits per heavy atom. The maximum absolute atomic E-state index is 12.0. The summed E-state index contributed by atoms with van der Waals surface area (Å²) in [5.41, 5.74) is 1.81. The lowest BCUT2D eigenvalue weighted by molar-refractivity contribution is -0.201. The Morgan fingerprint density at radius 3 is 2.08 bits per heavy atom. The summed E-state index contributed by atoms with van der Waals surface area (Å²) >= 11 is 0. The predicted octanol–water partition coefficient (Wildman–Crippen LogP) is 1.25. The molecule has 0 fully saturated rings. The van der Waals surface area contributed by atoms with Crippen LogP contribution < -0.4 is 5.73 Å². The third kappa shape index (κ3) is 3.40. The van der Waals surface area contributed by atoms with E-state index in [1.807, 2.05) is 0 Å². The molecule has 1 atom stereocenters. The lowest BCUT2D eigenvalue weighted by Gasteiger charge is -2.24. The molecule has 0 aliphatic rings. The van der Waals surface area contributed by atoms with Gasteiger partial charge in [0.05, 0.1) is 6.61 Å². The summed E-state index contributed by atoms with van der Waals surface area (Å²) in [5.74, 6) is -1.46. The summed E-state index contributed by atoms with van der Waals surface area (Å²) in [4.78, 5) is 10.6. The first kappa shape index (κ1) is 15.0. The number of halogens is 4. The van der Waals surface area contributed by atoms with E-state index in [2.05, 4.69) is 4.74 Å². The van der Waals surface area contributed by atoms with Crippen molar-refractivity contribution in [3.8, 4) is 0 Å². The maximum Gasteiger partial charge on any atom is 0.416 e. The monoisotopic (exact) mass is 221 g/mol. The molecule has 7 heteroatoms. The molecule has 0 heterocycles. The molecule has 0 saturated carbocycles. The molecular weight excluding hydrogens is 211 g/mol. The highest BCUT2D eigenvalue weighted by Gasteiger charge is 2.55. The van der Waals surface area contributed by atoms with Crippen LogP contribution in [0.4, 0.5) is 13.2 Å². The van der Waals surface area contributed by atoms with E-state index < -0.39 is 17.7 Å². The first-order chi connectivity index (χ1) is 5.23. The average Bonchev–Trinajstić information content (AvgIpc) is 1.85. The van der Waals surface area contributed by atoms with Crippen LogP contribution in [0.2, 0.25) is 0 Å². The van der Waals surface area contributed by atoms with E-state index >= 15 is 0 Å². The molecule has 3 nitrogen and oxygen atoms in total. The summed E-state index contributed by atoms with van der Waals surface area (Å²) in [5, 5.41) is 0. The van der Waals surface area contributed by atoms with Gasteiger partial charge in [0.15, 0.2) is 0 Å². The van der Waals surface area contributed by atoms with Gasteiger partial charge in [-0.05, 0) is 13.8 Å². The van der Waals surface area contributed by atoms with Crippen LogP contribution in [0, 0.1) is 0 Å². The van der Waals surface area contributed by atoms with Gasteiger partial charge in [0.1, 0.15) is 0 Å². The molecule has 0 aromatic heterocycles. The highest BCUT2D eigenvalue weighted by molar-refractivity contribution is 5.85. The number of carbonyl (C=O) groups is 1. The fourth-order valence-corrected chi connectivity index (χ4v) is 0.397. The Bertz CT molecular complexity index is 181. The Labute approximate surface area is 79.8 Å². The zero-order valence-corrected chi connectivity index (χ0v) is 7.96. The molecule has 0 aromatic rings. The third-order valence-electron chi connectivity index (χ3n) is 1.29. The molecule has 0 aromatic carbocycles. The second-order valence-electron chi connectivity index (χ2n) is 2.42. The summed E-state index contributed by atoms with van der Waals surface area (Å²) in [7, 11) is 0. The van der Waals surface area contributed by atoms with Crippen LogP contribution >= 0.6 is 12.4 Å². The van der Waals surface area contributed by atoms with Crippen molar-refractivity contribution in [2.24, 2.45) is 5.73 Å². The van der Waals surface area contributed by atoms with Crippen molar-refractivity contribution in [1.82, 2.24) is 0 Å². The van der Waals surface area contributed by atoms with Crippen molar-refractivity contribution < 1.29 is 22.7 Å². The third-order valence-corrected chi connectivity index (χ3v) is 1.29. The van der Waals surface area contributed by atoms with Crippen molar-refractivity contribution in [2.45, 2.75) is 25.6 Å². The van der Waals surface area contributed by atoms with Crippen molar-refractivity contribution >= 4 is 18.4 Å². The first-order valence-corrected chi connectivity index (χ1v) is 3.26. The Balaban J connectivity index is 0. The van der Waals surface area contributed by atoms with Gasteiger partial charge in [0, 0.05) is 0 Å². The van der Waals surface area contributed by atoms with Crippen molar-refractivity contribution in [1.29, 1.82) is 0 Å². The molecule has 0 radical (unpaired) electrons. The number of esters is 1. The molecule has 1 unspecified atom stereocenters. The van der Waals surface area contributed by atoms with Gasteiger partial charge in [0.25, 0.3) is 0 Å². The van der Waals surface area contributed by atoms with Crippen LogP contribution in [0.15, 0.2) is 0 Å². The molecule has 2 N–H and O–H groups in total. The largest absolute Gasteiger partial charge is 0.464 e. The van der Waals surface area contributed by atoms with Gasteiger partial charge < -0.3 is 10.5 Å². The van der Waals surface area contributed by atoms with Gasteiger partial charge in [-0.3, -0.25) is 0 Å². The molecule has 0 aliphatic heterocycles. The Hall–Kier alpha value is -0.490. The molecule has 80 valence electrons. The fraction of sp³-hybridized carbons (Fsp3) is 0.833. The highest BCUT2D eigenvalue weighted by atomic mass is 35.5. The van der Waals surface area contributed by atoms with Crippen LogP contribution in [0.5, 0.6) is 0 Å². The van der Waals surface area contributed by atoms with Gasteiger partial charge >= 0.3 is 12.1 Å². The second-order valence-corrected chi connectivity index (χ2v) is 2.42. The number of hydrogen-bond donors (Lipinski definition) is 1. The fourth-order valence-electron chi connectivity index (χ4n) is 0.397. The standard InChI is InChI=1S/C6H10F3NO2.ClH/c1-3-12-4(11)5(2,10)6(7,8)9;/h3,10H2,1-2H3;1H. The summed E-state index contributed by atoms with van der Waals surface area (Å²) in [6, 6.07) is 0. The van der Waals surface area contributed by atoms with Crippen molar-refractivity contribution in [3.63, 3.8) is 0 Å². The van der Waals surface area contributed by atoms with E-state index in [0.717, 1.165) is 0 Å². The van der Waals surface area contributed by atoms with Gasteiger partial charge in [0.2, 0.25) is 5.54 Å². The summed E-state index contributed by atoms with van der Waals surface area (Å²) in [6.07, 6.45) is -4.78. The van der Waals surface area contributed by atoms with E-state index in [-0.39, 0.29) is 19.0 Å². The quantitative estimate of drug-likeness (QED) is 0.714. The van der Waals surface area contributed by atoms with Gasteiger partial charge in [-0.15, -0.1) is 12.4 Å². The van der Waals surface area contributed by atoms with Crippen LogP contribution in [0.25, 0.3) is 0 Å². The molecule has 13 heavy (non-hydrogen) atoms. The van der Waals surface area contributed by atoms with Gasteiger partial charge in [-0.2, -0.15) is 13.2 Å². The van der Waals surface area contributed by atoms with Gasteiger partial charge in [-0.1, -0.05) is 0 Å². The zero-order valence-electron chi connectivity index (χ0n) is 7.14. The average molecular weight is 222 g/mol. The van der Waals surface area contributed by atoms with Crippen molar-refractivity contribution in [3.05, 3.63) is 0 Å². The number of ether oxygens (including phenoxy) is 1. The Kier molecular flexibility index (Phi) is 5.38. The highest BCUT2D eigenvalue weighted by Crippen LogP contribution is 2.28. The Morgan fingerprint density at radius 2 is 1.85 bits per heavy atom. The van der Waals surface area contributed by atoms with E-state index in [9.17, 15) is 18.0 Å². The van der Waals surface area contributed by atoms with Gasteiger partial charge in [-0.25, -0.2) is 4.79 Å². The second kappa shape index (κ2) is 4.66. The number of nitrogens with two attached hydrogens (primary N) is 1. The minimum atomic E-state index is -4.78. The SMILES string of the molecule is CCOC(=O)C(C)(N)C(F)(F)F.Cl. The molecule has 0 aliphatic carbocycles. The van der Waals surface area contributed by atoms with Crippen LogP contribution in [0.3, 0.4) is 0 Å².